The van der Waals surface area contributed by atoms with Gasteiger partial charge in [0, 0.05) is 24.5 Å². The van der Waals surface area contributed by atoms with E-state index in [1.165, 1.54) is 0 Å². The summed E-state index contributed by atoms with van der Waals surface area (Å²) in [5, 5.41) is 21.4. The third kappa shape index (κ3) is 3.51. The van der Waals surface area contributed by atoms with Crippen LogP contribution in [0, 0.1) is 26.1 Å². The van der Waals surface area contributed by atoms with Crippen LogP contribution in [0.2, 0.25) is 0 Å². The molecule has 1 atom stereocenters. The molecule has 8 nitrogen and oxygen atoms in total. The fourth-order valence-electron chi connectivity index (χ4n) is 1.88. The van der Waals surface area contributed by atoms with Crippen LogP contribution in [0.4, 0.5) is 20.2 Å². The van der Waals surface area contributed by atoms with E-state index in [0.29, 0.717) is 6.07 Å². The number of non-ortho nitro benzene ring substituents is 2. The van der Waals surface area contributed by atoms with Gasteiger partial charge in [0.25, 0.3) is 17.3 Å². The topological polar surface area (TPSA) is 113 Å². The molecule has 1 aliphatic rings. The summed E-state index contributed by atoms with van der Waals surface area (Å²) in [6.07, 6.45) is -0.289. The third-order valence-corrected chi connectivity index (χ3v) is 3.22. The van der Waals surface area contributed by atoms with Crippen LogP contribution in [0.5, 0.6) is 0 Å². The minimum absolute atomic E-state index is 0.0320. The molecule has 10 heteroatoms. The summed E-state index contributed by atoms with van der Waals surface area (Å²) in [6.45, 7) is -0.282. The molecule has 1 saturated carbocycles. The first kappa shape index (κ1) is 15.7. The van der Waals surface area contributed by atoms with Gasteiger partial charge >= 0.3 is 5.97 Å². The number of nitro groups is 2. The van der Waals surface area contributed by atoms with Crippen LogP contribution in [0.3, 0.4) is 0 Å². The van der Waals surface area contributed by atoms with Crippen molar-refractivity contribution >= 4 is 17.3 Å². The van der Waals surface area contributed by atoms with Gasteiger partial charge in [0.15, 0.2) is 0 Å². The van der Waals surface area contributed by atoms with E-state index in [1.54, 1.807) is 0 Å². The summed E-state index contributed by atoms with van der Waals surface area (Å²) in [7, 11) is 0. The summed E-state index contributed by atoms with van der Waals surface area (Å²) >= 11 is 0. The Morgan fingerprint density at radius 1 is 1.23 bits per heavy atom. The normalized spacial score (nSPS) is 18.5. The lowest BCUT2D eigenvalue weighted by atomic mass is 10.2. The average Bonchev–Trinajstić information content (AvgIpc) is 3.05. The number of benzene rings is 1. The Bertz CT molecular complexity index is 616. The van der Waals surface area contributed by atoms with Gasteiger partial charge in [0.2, 0.25) is 0 Å². The van der Waals surface area contributed by atoms with E-state index < -0.39 is 39.0 Å². The molecule has 22 heavy (non-hydrogen) atoms. The van der Waals surface area contributed by atoms with Crippen LogP contribution in [-0.2, 0) is 4.74 Å². The fraction of sp³-hybridized carbons (Fsp3) is 0.417. The number of nitrogens with zero attached hydrogens (tertiary/aromatic N) is 2. The number of alkyl halides is 2. The Morgan fingerprint density at radius 2 is 1.73 bits per heavy atom. The van der Waals surface area contributed by atoms with Crippen molar-refractivity contribution in [2.75, 3.05) is 6.61 Å². The van der Waals surface area contributed by atoms with Crippen LogP contribution in [0.15, 0.2) is 18.2 Å². The molecular formula is C12H10F2N2O6. The second kappa shape index (κ2) is 5.62. The largest absolute Gasteiger partial charge is 0.462 e. The number of hydrogen-bond acceptors (Lipinski definition) is 6. The highest BCUT2D eigenvalue weighted by molar-refractivity contribution is 5.91. The van der Waals surface area contributed by atoms with Crippen molar-refractivity contribution in [1.82, 2.24) is 0 Å². The Balaban J connectivity index is 2.05. The number of ether oxygens (including phenoxy) is 1. The zero-order valence-electron chi connectivity index (χ0n) is 11.0. The Morgan fingerprint density at radius 3 is 2.14 bits per heavy atom. The molecule has 2 rings (SSSR count). The Kier molecular flexibility index (Phi) is 4.02. The highest BCUT2D eigenvalue weighted by Gasteiger charge is 2.56. The minimum atomic E-state index is -2.73. The van der Waals surface area contributed by atoms with Gasteiger partial charge < -0.3 is 4.74 Å². The zero-order valence-corrected chi connectivity index (χ0v) is 11.0. The quantitative estimate of drug-likeness (QED) is 0.453. The van der Waals surface area contributed by atoms with E-state index >= 15 is 0 Å². The summed E-state index contributed by atoms with van der Waals surface area (Å²) in [4.78, 5) is 31.3. The van der Waals surface area contributed by atoms with Gasteiger partial charge in [0.1, 0.15) is 0 Å². The maximum atomic E-state index is 12.6. The van der Waals surface area contributed by atoms with E-state index in [2.05, 4.69) is 0 Å². The lowest BCUT2D eigenvalue weighted by molar-refractivity contribution is -0.394. The molecule has 0 saturated heterocycles. The first-order valence-corrected chi connectivity index (χ1v) is 6.19. The molecule has 1 fully saturated rings. The zero-order chi connectivity index (χ0) is 16.5. The molecular weight excluding hydrogens is 306 g/mol. The number of carbonyl (C=O) groups excluding carboxylic acids is 1. The third-order valence-electron chi connectivity index (χ3n) is 3.22. The van der Waals surface area contributed by atoms with Crippen LogP contribution >= 0.6 is 0 Å². The molecule has 118 valence electrons. The standard InChI is InChI=1S/C12H10F2N2O6/c13-12(14)6-8(12)1-2-22-11(17)7-3-9(15(18)19)5-10(4-7)16(20)21/h3-5,8H,1-2,6H2. The van der Waals surface area contributed by atoms with Crippen molar-refractivity contribution < 1.29 is 28.2 Å². The second-order valence-corrected chi connectivity index (χ2v) is 4.84. The van der Waals surface area contributed by atoms with Gasteiger partial charge in [-0.15, -0.1) is 0 Å². The predicted octanol–water partition coefficient (Wildman–Crippen LogP) is 2.71. The summed E-state index contributed by atoms with van der Waals surface area (Å²) < 4.78 is 30.0. The minimum Gasteiger partial charge on any atom is -0.462 e. The van der Waals surface area contributed by atoms with Crippen molar-refractivity contribution in [2.24, 2.45) is 5.92 Å². The monoisotopic (exact) mass is 316 g/mol. The first-order chi connectivity index (χ1) is 10.2. The van der Waals surface area contributed by atoms with Crippen molar-refractivity contribution in [3.05, 3.63) is 44.0 Å². The van der Waals surface area contributed by atoms with Crippen LogP contribution in [0.25, 0.3) is 0 Å². The van der Waals surface area contributed by atoms with Crippen molar-refractivity contribution in [3.8, 4) is 0 Å². The maximum Gasteiger partial charge on any atom is 0.338 e. The van der Waals surface area contributed by atoms with Gasteiger partial charge in [-0.25, -0.2) is 13.6 Å². The lowest BCUT2D eigenvalue weighted by Crippen LogP contribution is -2.09. The van der Waals surface area contributed by atoms with Gasteiger partial charge in [-0.1, -0.05) is 0 Å². The van der Waals surface area contributed by atoms with E-state index in [1.807, 2.05) is 0 Å². The molecule has 1 aromatic carbocycles. The summed E-state index contributed by atoms with van der Waals surface area (Å²) in [5.41, 5.74) is -1.63. The number of esters is 1. The first-order valence-electron chi connectivity index (χ1n) is 6.19. The van der Waals surface area contributed by atoms with Crippen LogP contribution in [0.1, 0.15) is 23.2 Å². The highest BCUT2D eigenvalue weighted by Crippen LogP contribution is 2.50. The molecule has 0 aromatic heterocycles. The van der Waals surface area contributed by atoms with Crippen molar-refractivity contribution in [3.63, 3.8) is 0 Å². The number of halogens is 2. The Hall–Kier alpha value is -2.65. The molecule has 1 aliphatic carbocycles. The molecule has 0 N–H and O–H groups in total. The number of carbonyl (C=O) groups is 1. The van der Waals surface area contributed by atoms with E-state index in [4.69, 9.17) is 4.74 Å². The van der Waals surface area contributed by atoms with E-state index in [0.717, 1.165) is 12.1 Å². The summed E-state index contributed by atoms with van der Waals surface area (Å²) in [5.74, 6) is -4.59. The van der Waals surface area contributed by atoms with Gasteiger partial charge in [-0.2, -0.15) is 0 Å². The van der Waals surface area contributed by atoms with Gasteiger partial charge in [-0.3, -0.25) is 20.2 Å². The van der Waals surface area contributed by atoms with Crippen molar-refractivity contribution in [1.29, 1.82) is 0 Å². The van der Waals surface area contributed by atoms with Gasteiger partial charge in [0.05, 0.1) is 28.1 Å². The number of rotatable bonds is 6. The summed E-state index contributed by atoms with van der Waals surface area (Å²) in [6, 6.07) is 2.38. The van der Waals surface area contributed by atoms with E-state index in [9.17, 15) is 33.8 Å². The van der Waals surface area contributed by atoms with Crippen LogP contribution < -0.4 is 0 Å². The molecule has 1 unspecified atom stereocenters. The molecule has 0 bridgehead atoms. The molecule has 0 radical (unpaired) electrons. The molecule has 0 spiro atoms. The Labute approximate surface area is 122 Å². The fourth-order valence-corrected chi connectivity index (χ4v) is 1.88. The predicted molar refractivity (Wildman–Crippen MR) is 67.7 cm³/mol. The second-order valence-electron chi connectivity index (χ2n) is 4.84. The van der Waals surface area contributed by atoms with Gasteiger partial charge in [-0.05, 0) is 6.42 Å². The molecule has 0 heterocycles. The number of hydrogen-bond donors (Lipinski definition) is 0. The highest BCUT2D eigenvalue weighted by atomic mass is 19.3. The average molecular weight is 316 g/mol. The number of nitro benzene ring substituents is 2. The molecule has 1 aromatic rings. The molecule has 0 aliphatic heterocycles. The molecule has 0 amide bonds. The smallest absolute Gasteiger partial charge is 0.338 e. The van der Waals surface area contributed by atoms with E-state index in [-0.39, 0.29) is 25.0 Å². The lowest BCUT2D eigenvalue weighted by Gasteiger charge is -2.04. The maximum absolute atomic E-state index is 12.6. The SMILES string of the molecule is O=C(OCCC1CC1(F)F)c1cc([N+](=O)[O-])cc([N+](=O)[O-])c1. The van der Waals surface area contributed by atoms with Crippen molar-refractivity contribution in [2.45, 2.75) is 18.8 Å². The van der Waals surface area contributed by atoms with Crippen LogP contribution in [-0.4, -0.2) is 28.3 Å².